The number of nitrogens with zero attached hydrogens (tertiary/aromatic N) is 2. The van der Waals surface area contributed by atoms with Gasteiger partial charge in [-0.1, -0.05) is 0 Å². The molecule has 0 saturated carbocycles. The first-order valence-electron chi connectivity index (χ1n) is 8.20. The van der Waals surface area contributed by atoms with Crippen LogP contribution < -0.4 is 19.1 Å². The Balaban J connectivity index is 2.11. The molecule has 146 valence electrons. The number of pyridine rings is 1. The molecule has 0 spiro atoms. The Morgan fingerprint density at radius 3 is 2.44 bits per heavy atom. The van der Waals surface area contributed by atoms with Crippen molar-refractivity contribution in [2.24, 2.45) is 0 Å². The summed E-state index contributed by atoms with van der Waals surface area (Å²) in [4.78, 5) is 16.1. The molecule has 0 saturated heterocycles. The number of ether oxygens (including phenoxy) is 2. The number of hydrogen-bond donors (Lipinski definition) is 1. The van der Waals surface area contributed by atoms with E-state index in [0.29, 0.717) is 23.7 Å². The van der Waals surface area contributed by atoms with Crippen molar-refractivity contribution >= 4 is 21.6 Å². The maximum Gasteiger partial charge on any atom is 0.232 e. The van der Waals surface area contributed by atoms with Gasteiger partial charge in [0.15, 0.2) is 0 Å². The molecular formula is C18H23N3O5S. The van der Waals surface area contributed by atoms with Crippen LogP contribution in [0.25, 0.3) is 0 Å². The Morgan fingerprint density at radius 1 is 1.15 bits per heavy atom. The van der Waals surface area contributed by atoms with Gasteiger partial charge in [0.1, 0.15) is 11.5 Å². The summed E-state index contributed by atoms with van der Waals surface area (Å²) in [6.45, 7) is 0.327. The third kappa shape index (κ3) is 5.85. The second-order valence-electron chi connectivity index (χ2n) is 5.76. The van der Waals surface area contributed by atoms with E-state index < -0.39 is 10.0 Å². The molecule has 0 aliphatic carbocycles. The lowest BCUT2D eigenvalue weighted by Crippen LogP contribution is -2.34. The molecule has 0 fully saturated rings. The van der Waals surface area contributed by atoms with Crippen molar-refractivity contribution in [3.05, 3.63) is 48.3 Å². The van der Waals surface area contributed by atoms with Gasteiger partial charge in [-0.15, -0.1) is 0 Å². The highest BCUT2D eigenvalue weighted by Crippen LogP contribution is 2.33. The minimum absolute atomic E-state index is 0.00147. The summed E-state index contributed by atoms with van der Waals surface area (Å²) >= 11 is 0. The lowest BCUT2D eigenvalue weighted by molar-refractivity contribution is -0.121. The molecule has 0 unspecified atom stereocenters. The van der Waals surface area contributed by atoms with Gasteiger partial charge in [-0.3, -0.25) is 14.1 Å². The fourth-order valence-corrected chi connectivity index (χ4v) is 3.37. The van der Waals surface area contributed by atoms with Gasteiger partial charge in [0.2, 0.25) is 15.9 Å². The van der Waals surface area contributed by atoms with Crippen LogP contribution in [-0.4, -0.2) is 46.3 Å². The molecule has 9 heteroatoms. The molecule has 0 aliphatic heterocycles. The molecule has 0 radical (unpaired) electrons. The van der Waals surface area contributed by atoms with E-state index in [1.54, 1.807) is 42.7 Å². The maximum atomic E-state index is 12.3. The average Bonchev–Trinajstić information content (AvgIpc) is 2.66. The molecule has 2 rings (SSSR count). The van der Waals surface area contributed by atoms with Crippen LogP contribution in [0.3, 0.4) is 0 Å². The second-order valence-corrected chi connectivity index (χ2v) is 7.66. The Morgan fingerprint density at radius 2 is 1.85 bits per heavy atom. The number of nitrogens with one attached hydrogen (secondary N) is 1. The highest BCUT2D eigenvalue weighted by atomic mass is 32.2. The summed E-state index contributed by atoms with van der Waals surface area (Å²) in [5.74, 6) is 0.599. The first-order chi connectivity index (χ1) is 12.8. The first-order valence-corrected chi connectivity index (χ1v) is 10.1. The van der Waals surface area contributed by atoms with E-state index in [2.05, 4.69) is 10.3 Å². The van der Waals surface area contributed by atoms with Gasteiger partial charge in [0, 0.05) is 38.0 Å². The Kier molecular flexibility index (Phi) is 7.00. The minimum Gasteiger partial charge on any atom is -0.497 e. The third-order valence-corrected chi connectivity index (χ3v) is 5.02. The monoisotopic (exact) mass is 393 g/mol. The number of hydrogen-bond acceptors (Lipinski definition) is 6. The van der Waals surface area contributed by atoms with Crippen LogP contribution in [-0.2, 0) is 21.4 Å². The van der Waals surface area contributed by atoms with Crippen LogP contribution in [0.15, 0.2) is 42.7 Å². The van der Waals surface area contributed by atoms with Gasteiger partial charge in [-0.05, 0) is 29.8 Å². The number of aromatic nitrogens is 1. The van der Waals surface area contributed by atoms with Crippen LogP contribution in [0.2, 0.25) is 0 Å². The van der Waals surface area contributed by atoms with E-state index in [4.69, 9.17) is 9.47 Å². The number of carbonyl (C=O) groups excluding carboxylic acids is 1. The summed E-state index contributed by atoms with van der Waals surface area (Å²) < 4.78 is 36.1. The van der Waals surface area contributed by atoms with E-state index >= 15 is 0 Å². The second kappa shape index (κ2) is 9.22. The largest absolute Gasteiger partial charge is 0.497 e. The molecule has 1 aromatic carbocycles. The van der Waals surface area contributed by atoms with Crippen molar-refractivity contribution in [3.8, 4) is 11.5 Å². The predicted octanol–water partition coefficient (Wildman–Crippen LogP) is 1.57. The van der Waals surface area contributed by atoms with E-state index in [1.807, 2.05) is 0 Å². The Labute approximate surface area is 159 Å². The zero-order valence-electron chi connectivity index (χ0n) is 15.5. The van der Waals surface area contributed by atoms with Crippen LogP contribution in [0, 0.1) is 0 Å². The van der Waals surface area contributed by atoms with Gasteiger partial charge in [-0.25, -0.2) is 8.42 Å². The van der Waals surface area contributed by atoms with Gasteiger partial charge >= 0.3 is 0 Å². The summed E-state index contributed by atoms with van der Waals surface area (Å²) in [5, 5.41) is 2.76. The molecule has 1 N–H and O–H groups in total. The highest BCUT2D eigenvalue weighted by Gasteiger charge is 2.22. The van der Waals surface area contributed by atoms with Gasteiger partial charge in [-0.2, -0.15) is 0 Å². The predicted molar refractivity (Wildman–Crippen MR) is 102 cm³/mol. The lowest BCUT2D eigenvalue weighted by Gasteiger charge is -2.24. The maximum absolute atomic E-state index is 12.3. The van der Waals surface area contributed by atoms with E-state index in [1.165, 1.54) is 14.2 Å². The van der Waals surface area contributed by atoms with Crippen molar-refractivity contribution in [2.45, 2.75) is 13.0 Å². The number of methoxy groups -OCH3 is 2. The number of carbonyl (C=O) groups is 1. The number of rotatable bonds is 9. The molecule has 1 amide bonds. The molecule has 0 aliphatic rings. The number of sulfonamides is 1. The Hall–Kier alpha value is -2.81. The SMILES string of the molecule is COc1ccc(OC)c(N(CCC(=O)NCc2ccncc2)S(C)(=O)=O)c1. The molecule has 1 aromatic heterocycles. The molecule has 27 heavy (non-hydrogen) atoms. The molecule has 8 nitrogen and oxygen atoms in total. The van der Waals surface area contributed by atoms with Crippen LogP contribution in [0.4, 0.5) is 5.69 Å². The third-order valence-electron chi connectivity index (χ3n) is 3.84. The molecule has 0 atom stereocenters. The van der Waals surface area contributed by atoms with E-state index in [9.17, 15) is 13.2 Å². The van der Waals surface area contributed by atoms with Crippen molar-refractivity contribution < 1.29 is 22.7 Å². The normalized spacial score (nSPS) is 10.9. The highest BCUT2D eigenvalue weighted by molar-refractivity contribution is 7.92. The Bertz CT molecular complexity index is 872. The van der Waals surface area contributed by atoms with Crippen molar-refractivity contribution in [1.82, 2.24) is 10.3 Å². The average molecular weight is 393 g/mol. The summed E-state index contributed by atoms with van der Waals surface area (Å²) in [7, 11) is -0.688. The fourth-order valence-electron chi connectivity index (χ4n) is 2.45. The van der Waals surface area contributed by atoms with Crippen LogP contribution in [0.1, 0.15) is 12.0 Å². The van der Waals surface area contributed by atoms with Crippen molar-refractivity contribution in [2.75, 3.05) is 31.3 Å². The summed E-state index contributed by atoms with van der Waals surface area (Å²) in [5.41, 5.74) is 1.23. The topological polar surface area (TPSA) is 97.8 Å². The lowest BCUT2D eigenvalue weighted by atomic mass is 10.2. The zero-order chi connectivity index (χ0) is 19.9. The zero-order valence-corrected chi connectivity index (χ0v) is 16.3. The van der Waals surface area contributed by atoms with Crippen LogP contribution >= 0.6 is 0 Å². The van der Waals surface area contributed by atoms with Gasteiger partial charge < -0.3 is 14.8 Å². The smallest absolute Gasteiger partial charge is 0.232 e. The van der Waals surface area contributed by atoms with E-state index in [0.717, 1.165) is 16.1 Å². The number of anilines is 1. The summed E-state index contributed by atoms with van der Waals surface area (Å²) in [6.07, 6.45) is 4.36. The van der Waals surface area contributed by atoms with Crippen LogP contribution in [0.5, 0.6) is 11.5 Å². The molecule has 0 bridgehead atoms. The molecular weight excluding hydrogens is 370 g/mol. The standard InChI is InChI=1S/C18H23N3O5S/c1-25-15-4-5-17(26-2)16(12-15)21(27(3,23)24)11-8-18(22)20-13-14-6-9-19-10-7-14/h4-7,9-10,12H,8,11,13H2,1-3H3,(H,20,22). The van der Waals surface area contributed by atoms with E-state index in [-0.39, 0.29) is 18.9 Å². The molecule has 2 aromatic rings. The fraction of sp³-hybridized carbons (Fsp3) is 0.333. The number of benzene rings is 1. The van der Waals surface area contributed by atoms with Gasteiger partial charge in [0.05, 0.1) is 26.2 Å². The summed E-state index contributed by atoms with van der Waals surface area (Å²) in [6, 6.07) is 8.45. The van der Waals surface area contributed by atoms with Crippen molar-refractivity contribution in [3.63, 3.8) is 0 Å². The van der Waals surface area contributed by atoms with Gasteiger partial charge in [0.25, 0.3) is 0 Å². The molecule has 1 heterocycles. The van der Waals surface area contributed by atoms with Crippen molar-refractivity contribution in [1.29, 1.82) is 0 Å². The minimum atomic E-state index is -3.63. The number of amides is 1. The quantitative estimate of drug-likeness (QED) is 0.694. The first kappa shape index (κ1) is 20.5.